The predicted octanol–water partition coefficient (Wildman–Crippen LogP) is 3.48. The van der Waals surface area contributed by atoms with Crippen molar-refractivity contribution in [2.45, 2.75) is 6.04 Å². The van der Waals surface area contributed by atoms with Crippen LogP contribution in [0.15, 0.2) is 63.7 Å². The molecule has 1 atom stereocenters. The first kappa shape index (κ1) is 16.0. The van der Waals surface area contributed by atoms with Crippen LogP contribution in [0.4, 0.5) is 5.69 Å². The standard InChI is InChI=1S/C17H12ClN3O3/c18-11-6-7-13-12(8-11)15(10-4-2-1-3-5-10)19-9-14(20-13)16(21-24)17(22)23/h1-8,16H,9H2,(H,22,23). The predicted molar refractivity (Wildman–Crippen MR) is 92.7 cm³/mol. The van der Waals surface area contributed by atoms with Gasteiger partial charge < -0.3 is 5.11 Å². The number of aliphatic imine (C=N–C) groups is 2. The molecule has 0 fully saturated rings. The van der Waals surface area contributed by atoms with Gasteiger partial charge in [-0.15, -0.1) is 4.91 Å². The minimum absolute atomic E-state index is 0.0285. The van der Waals surface area contributed by atoms with E-state index in [2.05, 4.69) is 15.2 Å². The van der Waals surface area contributed by atoms with Gasteiger partial charge in [0.15, 0.2) is 0 Å². The molecule has 0 spiro atoms. The molecule has 0 aliphatic carbocycles. The Hall–Kier alpha value is -2.86. The minimum atomic E-state index is -1.56. The maximum absolute atomic E-state index is 11.2. The lowest BCUT2D eigenvalue weighted by molar-refractivity contribution is -0.136. The van der Waals surface area contributed by atoms with E-state index in [-0.39, 0.29) is 12.3 Å². The quantitative estimate of drug-likeness (QED) is 0.863. The Balaban J connectivity index is 2.17. The van der Waals surface area contributed by atoms with E-state index in [1.807, 2.05) is 30.3 Å². The number of hydrogen-bond acceptors (Lipinski definition) is 5. The van der Waals surface area contributed by atoms with Crippen molar-refractivity contribution in [2.24, 2.45) is 15.2 Å². The molecule has 1 aliphatic heterocycles. The number of aliphatic carboxylic acids is 1. The molecule has 3 rings (SSSR count). The number of benzene rings is 2. The number of hydrogen-bond donors (Lipinski definition) is 1. The zero-order valence-corrected chi connectivity index (χ0v) is 13.1. The van der Waals surface area contributed by atoms with Crippen LogP contribution < -0.4 is 0 Å². The third kappa shape index (κ3) is 3.09. The normalized spacial score (nSPS) is 14.7. The van der Waals surface area contributed by atoms with Gasteiger partial charge >= 0.3 is 5.97 Å². The maximum atomic E-state index is 11.2. The molecule has 0 amide bonds. The van der Waals surface area contributed by atoms with E-state index in [0.29, 0.717) is 22.0 Å². The summed E-state index contributed by atoms with van der Waals surface area (Å²) in [5.41, 5.74) is 2.76. The summed E-state index contributed by atoms with van der Waals surface area (Å²) in [6.07, 6.45) is 0. The summed E-state index contributed by atoms with van der Waals surface area (Å²) in [6, 6.07) is 12.9. The zero-order valence-electron chi connectivity index (χ0n) is 12.4. The number of carboxylic acid groups (broad SMARTS) is 1. The highest BCUT2D eigenvalue weighted by Gasteiger charge is 2.27. The first-order valence-electron chi connectivity index (χ1n) is 7.12. The summed E-state index contributed by atoms with van der Waals surface area (Å²) < 4.78 is 0. The summed E-state index contributed by atoms with van der Waals surface area (Å²) in [5.74, 6) is -1.35. The van der Waals surface area contributed by atoms with Crippen molar-refractivity contribution < 1.29 is 9.90 Å². The van der Waals surface area contributed by atoms with E-state index in [4.69, 9.17) is 16.7 Å². The number of carbonyl (C=O) groups is 1. The van der Waals surface area contributed by atoms with E-state index in [9.17, 15) is 9.70 Å². The Labute approximate surface area is 142 Å². The van der Waals surface area contributed by atoms with Crippen molar-refractivity contribution in [1.29, 1.82) is 0 Å². The Kier molecular flexibility index (Phi) is 4.48. The molecule has 2 aromatic carbocycles. The van der Waals surface area contributed by atoms with Gasteiger partial charge in [0.1, 0.15) is 0 Å². The maximum Gasteiger partial charge on any atom is 0.338 e. The fourth-order valence-corrected chi connectivity index (χ4v) is 2.64. The molecular formula is C17H12ClN3O3. The molecule has 1 aliphatic rings. The number of rotatable bonds is 4. The van der Waals surface area contributed by atoms with E-state index in [1.165, 1.54) is 0 Å². The number of carboxylic acids is 1. The van der Waals surface area contributed by atoms with Gasteiger partial charge in [0, 0.05) is 16.1 Å². The molecule has 2 aromatic rings. The highest BCUT2D eigenvalue weighted by Crippen LogP contribution is 2.29. The summed E-state index contributed by atoms with van der Waals surface area (Å²) in [6.45, 7) is -0.0285. The van der Waals surface area contributed by atoms with Gasteiger partial charge in [-0.2, -0.15) is 0 Å². The number of nitroso groups, excluding NO2 is 1. The fourth-order valence-electron chi connectivity index (χ4n) is 2.47. The molecule has 120 valence electrons. The largest absolute Gasteiger partial charge is 0.479 e. The Morgan fingerprint density at radius 2 is 1.96 bits per heavy atom. The molecule has 1 heterocycles. The van der Waals surface area contributed by atoms with Crippen molar-refractivity contribution >= 4 is 34.7 Å². The van der Waals surface area contributed by atoms with E-state index < -0.39 is 12.0 Å². The Bertz CT molecular complexity index is 863. The molecule has 0 saturated carbocycles. The molecule has 6 nitrogen and oxygen atoms in total. The van der Waals surface area contributed by atoms with Crippen LogP contribution in [-0.2, 0) is 4.79 Å². The van der Waals surface area contributed by atoms with Crippen molar-refractivity contribution in [1.82, 2.24) is 0 Å². The molecule has 0 saturated heterocycles. The van der Waals surface area contributed by atoms with Gasteiger partial charge in [-0.05, 0) is 23.4 Å². The second-order valence-electron chi connectivity index (χ2n) is 5.14. The Morgan fingerprint density at radius 3 is 2.62 bits per heavy atom. The zero-order chi connectivity index (χ0) is 17.1. The van der Waals surface area contributed by atoms with Crippen LogP contribution in [0.3, 0.4) is 0 Å². The molecule has 7 heteroatoms. The summed E-state index contributed by atoms with van der Waals surface area (Å²) in [4.78, 5) is 30.9. The van der Waals surface area contributed by atoms with Gasteiger partial charge in [-0.25, -0.2) is 4.79 Å². The lowest BCUT2D eigenvalue weighted by Crippen LogP contribution is -2.29. The molecule has 24 heavy (non-hydrogen) atoms. The highest BCUT2D eigenvalue weighted by molar-refractivity contribution is 6.31. The smallest absolute Gasteiger partial charge is 0.338 e. The van der Waals surface area contributed by atoms with Crippen molar-refractivity contribution in [2.75, 3.05) is 6.54 Å². The monoisotopic (exact) mass is 341 g/mol. The van der Waals surface area contributed by atoms with Gasteiger partial charge in [0.2, 0.25) is 6.04 Å². The third-order valence-electron chi connectivity index (χ3n) is 3.58. The van der Waals surface area contributed by atoms with Crippen LogP contribution >= 0.6 is 11.6 Å². The first-order valence-corrected chi connectivity index (χ1v) is 7.50. The van der Waals surface area contributed by atoms with Crippen LogP contribution in [0.5, 0.6) is 0 Å². The highest BCUT2D eigenvalue weighted by atomic mass is 35.5. The second kappa shape index (κ2) is 6.72. The average molecular weight is 342 g/mol. The van der Waals surface area contributed by atoms with Crippen LogP contribution in [0.2, 0.25) is 5.02 Å². The topological polar surface area (TPSA) is 91.5 Å². The first-order chi connectivity index (χ1) is 11.6. The summed E-state index contributed by atoms with van der Waals surface area (Å²) in [7, 11) is 0. The van der Waals surface area contributed by atoms with Crippen LogP contribution in [0.1, 0.15) is 11.1 Å². The van der Waals surface area contributed by atoms with Crippen molar-refractivity contribution in [3.05, 3.63) is 69.6 Å². The molecule has 0 bridgehead atoms. The summed E-state index contributed by atoms with van der Waals surface area (Å²) in [5, 5.41) is 12.3. The third-order valence-corrected chi connectivity index (χ3v) is 3.81. The van der Waals surface area contributed by atoms with Crippen molar-refractivity contribution in [3.8, 4) is 0 Å². The second-order valence-corrected chi connectivity index (χ2v) is 5.58. The van der Waals surface area contributed by atoms with Gasteiger partial charge in [-0.1, -0.05) is 41.9 Å². The van der Waals surface area contributed by atoms with E-state index in [1.54, 1.807) is 18.2 Å². The fraction of sp³-hybridized carbons (Fsp3) is 0.118. The number of nitrogens with zero attached hydrogens (tertiary/aromatic N) is 3. The van der Waals surface area contributed by atoms with E-state index >= 15 is 0 Å². The molecular weight excluding hydrogens is 330 g/mol. The summed E-state index contributed by atoms with van der Waals surface area (Å²) >= 11 is 6.09. The van der Waals surface area contributed by atoms with Crippen LogP contribution in [0, 0.1) is 4.91 Å². The lowest BCUT2D eigenvalue weighted by Gasteiger charge is -2.08. The average Bonchev–Trinajstić information content (AvgIpc) is 2.75. The number of fused-ring (bicyclic) bond motifs is 1. The number of halogens is 1. The van der Waals surface area contributed by atoms with Crippen LogP contribution in [-0.4, -0.2) is 35.1 Å². The van der Waals surface area contributed by atoms with E-state index in [0.717, 1.165) is 5.56 Å². The van der Waals surface area contributed by atoms with Gasteiger partial charge in [0.05, 0.1) is 23.7 Å². The molecule has 1 unspecified atom stereocenters. The van der Waals surface area contributed by atoms with Gasteiger partial charge in [-0.3, -0.25) is 9.98 Å². The lowest BCUT2D eigenvalue weighted by atomic mass is 10.0. The minimum Gasteiger partial charge on any atom is -0.479 e. The SMILES string of the molecule is O=NC(C(=O)O)C1=Nc2ccc(Cl)cc2C(c2ccccc2)=NC1. The van der Waals surface area contributed by atoms with Crippen molar-refractivity contribution in [3.63, 3.8) is 0 Å². The van der Waals surface area contributed by atoms with Crippen LogP contribution in [0.25, 0.3) is 0 Å². The van der Waals surface area contributed by atoms with Gasteiger partial charge in [0.25, 0.3) is 0 Å². The molecule has 0 radical (unpaired) electrons. The molecule has 0 aromatic heterocycles. The Morgan fingerprint density at radius 1 is 1.21 bits per heavy atom. The molecule has 1 N–H and O–H groups in total.